The fourth-order valence-electron chi connectivity index (χ4n) is 3.10. The predicted octanol–water partition coefficient (Wildman–Crippen LogP) is 7.43. The highest BCUT2D eigenvalue weighted by Crippen LogP contribution is 2.31. The molecule has 162 valence electrons. The second-order valence-electron chi connectivity index (χ2n) is 6.68. The molecule has 0 N–H and O–H groups in total. The summed E-state index contributed by atoms with van der Waals surface area (Å²) in [5, 5.41) is 5.07. The normalized spacial score (nSPS) is 11.6. The van der Waals surface area contributed by atoms with E-state index in [1.807, 2.05) is 19.9 Å². The van der Waals surface area contributed by atoms with Gasteiger partial charge in [-0.2, -0.15) is 0 Å². The van der Waals surface area contributed by atoms with Crippen LogP contribution in [0, 0.1) is 0 Å². The number of hydrogen-bond donors (Lipinski definition) is 0. The minimum atomic E-state index is -1.47. The largest absolute Gasteiger partial charge is 0.364 e. The van der Waals surface area contributed by atoms with E-state index in [0.717, 1.165) is 16.4 Å². The second-order valence-corrected chi connectivity index (χ2v) is 7.11. The number of alkyl halides is 1. The fourth-order valence-corrected chi connectivity index (χ4v) is 3.27. The highest BCUT2D eigenvalue weighted by atomic mass is 35.5. The zero-order chi connectivity index (χ0) is 22.1. The van der Waals surface area contributed by atoms with Gasteiger partial charge in [0.05, 0.1) is 17.2 Å². The average molecular weight is 433 g/mol. The molecule has 4 aromatic rings. The van der Waals surface area contributed by atoms with E-state index in [1.165, 1.54) is 38.0 Å². The van der Waals surface area contributed by atoms with Crippen molar-refractivity contribution in [3.8, 4) is 0 Å². The minimum Gasteiger partial charge on any atom is -0.364 e. The van der Waals surface area contributed by atoms with Gasteiger partial charge in [-0.1, -0.05) is 70.1 Å². The Bertz CT molecular complexity index is 1040. The van der Waals surface area contributed by atoms with Gasteiger partial charge in [0, 0.05) is 23.5 Å². The van der Waals surface area contributed by atoms with Crippen LogP contribution in [0.2, 0.25) is 5.02 Å². The minimum absolute atomic E-state index is 0.189. The molecule has 30 heavy (non-hydrogen) atoms. The first kappa shape index (κ1) is 23.8. The van der Waals surface area contributed by atoms with Crippen molar-refractivity contribution < 1.29 is 8.91 Å². The molecule has 3 aromatic heterocycles. The van der Waals surface area contributed by atoms with E-state index in [1.54, 1.807) is 29.9 Å². The van der Waals surface area contributed by atoms with Gasteiger partial charge in [-0.05, 0) is 18.2 Å². The summed E-state index contributed by atoms with van der Waals surface area (Å²) in [6, 6.07) is 6.89. The lowest BCUT2D eigenvalue weighted by atomic mass is 10.2. The van der Waals surface area contributed by atoms with Crippen LogP contribution in [0.1, 0.15) is 71.1 Å². The van der Waals surface area contributed by atoms with Crippen LogP contribution < -0.4 is 0 Å². The molecule has 0 radical (unpaired) electrons. The standard InChI is InChI=1S/C15H10ClFN4O.C6H14.C2H6/c1-21-14-9-6-8(16)2-3-10(9)18-7-12(14)19-15(21)13(17)11-4-5-22-20-11;1-3-5-6-4-2;1-2/h2-7,13H,1H3;3-6H2,1-2H3;1-2H3. The quantitative estimate of drug-likeness (QED) is 0.307. The molecule has 7 heteroatoms. The lowest BCUT2D eigenvalue weighted by Crippen LogP contribution is -2.03. The number of pyridine rings is 1. The molecular formula is C23H30ClFN4O. The van der Waals surface area contributed by atoms with Gasteiger partial charge < -0.3 is 9.09 Å². The molecule has 3 heterocycles. The van der Waals surface area contributed by atoms with Crippen LogP contribution in [0.4, 0.5) is 4.39 Å². The number of nitrogens with zero attached hydrogens (tertiary/aromatic N) is 4. The summed E-state index contributed by atoms with van der Waals surface area (Å²) in [7, 11) is 1.76. The summed E-state index contributed by atoms with van der Waals surface area (Å²) >= 11 is 6.07. The Balaban J connectivity index is 0.000000348. The molecule has 1 aromatic carbocycles. The number of rotatable bonds is 5. The van der Waals surface area contributed by atoms with Crippen LogP contribution in [0.15, 0.2) is 41.2 Å². The van der Waals surface area contributed by atoms with Gasteiger partial charge in [-0.25, -0.2) is 9.37 Å². The third kappa shape index (κ3) is 5.36. The van der Waals surface area contributed by atoms with Gasteiger partial charge in [0.25, 0.3) is 0 Å². The molecule has 1 atom stereocenters. The van der Waals surface area contributed by atoms with Crippen molar-refractivity contribution >= 4 is 33.5 Å². The number of aromatic nitrogens is 4. The summed E-state index contributed by atoms with van der Waals surface area (Å²) in [4.78, 5) is 8.68. The topological polar surface area (TPSA) is 56.7 Å². The van der Waals surface area contributed by atoms with Gasteiger partial charge in [0.15, 0.2) is 5.82 Å². The molecule has 0 saturated carbocycles. The molecule has 0 aliphatic rings. The zero-order valence-corrected chi connectivity index (χ0v) is 19.1. The Hall–Kier alpha value is -2.47. The van der Waals surface area contributed by atoms with E-state index in [9.17, 15) is 4.39 Å². The van der Waals surface area contributed by atoms with Crippen LogP contribution >= 0.6 is 11.6 Å². The molecule has 0 aliphatic heterocycles. The van der Waals surface area contributed by atoms with E-state index >= 15 is 0 Å². The Kier molecular flexibility index (Phi) is 9.24. The van der Waals surface area contributed by atoms with E-state index in [-0.39, 0.29) is 11.5 Å². The van der Waals surface area contributed by atoms with E-state index in [2.05, 4.69) is 29.0 Å². The first-order valence-corrected chi connectivity index (χ1v) is 10.9. The molecule has 1 unspecified atom stereocenters. The van der Waals surface area contributed by atoms with Crippen molar-refractivity contribution in [2.45, 2.75) is 59.5 Å². The SMILES string of the molecule is CC.CCCCCC.Cn1c(C(F)c2ccon2)nc2cnc3ccc(Cl)cc3c21. The van der Waals surface area contributed by atoms with Gasteiger partial charge in [-0.3, -0.25) is 4.98 Å². The number of unbranched alkanes of at least 4 members (excludes halogenated alkanes) is 3. The van der Waals surface area contributed by atoms with E-state index < -0.39 is 6.17 Å². The van der Waals surface area contributed by atoms with Gasteiger partial charge in [0.1, 0.15) is 17.5 Å². The zero-order valence-electron chi connectivity index (χ0n) is 18.3. The molecule has 0 spiro atoms. The number of benzene rings is 1. The first-order chi connectivity index (χ1) is 14.6. The first-order valence-electron chi connectivity index (χ1n) is 10.5. The van der Waals surface area contributed by atoms with Gasteiger partial charge in [-0.15, -0.1) is 0 Å². The van der Waals surface area contributed by atoms with E-state index in [0.29, 0.717) is 10.5 Å². The molecular weight excluding hydrogens is 403 g/mol. The smallest absolute Gasteiger partial charge is 0.203 e. The Morgan fingerprint density at radius 1 is 1.10 bits per heavy atom. The Morgan fingerprint density at radius 3 is 2.40 bits per heavy atom. The Morgan fingerprint density at radius 2 is 1.80 bits per heavy atom. The lowest BCUT2D eigenvalue weighted by molar-refractivity contribution is 0.338. The number of aryl methyl sites for hydroxylation is 1. The lowest BCUT2D eigenvalue weighted by Gasteiger charge is -2.06. The third-order valence-corrected chi connectivity index (χ3v) is 4.83. The van der Waals surface area contributed by atoms with Crippen molar-refractivity contribution in [2.24, 2.45) is 7.05 Å². The monoisotopic (exact) mass is 432 g/mol. The van der Waals surface area contributed by atoms with Crippen LogP contribution in [0.3, 0.4) is 0 Å². The number of hydrogen-bond acceptors (Lipinski definition) is 4. The highest BCUT2D eigenvalue weighted by molar-refractivity contribution is 6.31. The average Bonchev–Trinajstić information content (AvgIpc) is 3.42. The molecule has 5 nitrogen and oxygen atoms in total. The maximum atomic E-state index is 14.6. The maximum absolute atomic E-state index is 14.6. The summed E-state index contributed by atoms with van der Waals surface area (Å²) < 4.78 is 21.0. The molecule has 4 rings (SSSR count). The van der Waals surface area contributed by atoms with Crippen molar-refractivity contribution in [2.75, 3.05) is 0 Å². The van der Waals surface area contributed by atoms with Crippen molar-refractivity contribution in [3.05, 3.63) is 53.3 Å². The summed E-state index contributed by atoms with van der Waals surface area (Å²) in [6.07, 6.45) is 7.03. The van der Waals surface area contributed by atoms with Gasteiger partial charge in [0.2, 0.25) is 6.17 Å². The number of halogens is 2. The van der Waals surface area contributed by atoms with Crippen molar-refractivity contribution in [3.63, 3.8) is 0 Å². The van der Waals surface area contributed by atoms with Crippen molar-refractivity contribution in [1.82, 2.24) is 19.7 Å². The molecule has 0 bridgehead atoms. The third-order valence-electron chi connectivity index (χ3n) is 4.60. The van der Waals surface area contributed by atoms with Crippen LogP contribution in [0.25, 0.3) is 21.9 Å². The molecule has 0 amide bonds. The summed E-state index contributed by atoms with van der Waals surface area (Å²) in [5.41, 5.74) is 2.36. The number of fused-ring (bicyclic) bond motifs is 3. The van der Waals surface area contributed by atoms with Crippen LogP contribution in [0.5, 0.6) is 0 Å². The van der Waals surface area contributed by atoms with Crippen molar-refractivity contribution in [1.29, 1.82) is 0 Å². The summed E-state index contributed by atoms with van der Waals surface area (Å²) in [6.45, 7) is 8.46. The number of imidazole rings is 1. The molecule has 0 fully saturated rings. The Labute approximate surface area is 182 Å². The molecule has 0 saturated heterocycles. The van der Waals surface area contributed by atoms with Crippen LogP contribution in [-0.2, 0) is 7.05 Å². The van der Waals surface area contributed by atoms with Crippen LogP contribution in [-0.4, -0.2) is 19.7 Å². The summed E-state index contributed by atoms with van der Waals surface area (Å²) in [5.74, 6) is 0.248. The van der Waals surface area contributed by atoms with E-state index in [4.69, 9.17) is 16.1 Å². The second kappa shape index (κ2) is 11.6. The highest BCUT2D eigenvalue weighted by Gasteiger charge is 2.23. The predicted molar refractivity (Wildman–Crippen MR) is 122 cm³/mol. The fraction of sp³-hybridized carbons (Fsp3) is 0.435. The van der Waals surface area contributed by atoms with Gasteiger partial charge >= 0.3 is 0 Å². The maximum Gasteiger partial charge on any atom is 0.203 e. The molecule has 0 aliphatic carbocycles.